The van der Waals surface area contributed by atoms with Crippen molar-refractivity contribution in [3.05, 3.63) is 50.9 Å². The highest BCUT2D eigenvalue weighted by Crippen LogP contribution is 2.22. The van der Waals surface area contributed by atoms with Crippen molar-refractivity contribution in [3.8, 4) is 0 Å². The number of anilines is 1. The van der Waals surface area contributed by atoms with Crippen molar-refractivity contribution in [3.63, 3.8) is 0 Å². The number of aromatic amines is 1. The number of hydrogen-bond donors (Lipinski definition) is 2. The van der Waals surface area contributed by atoms with Gasteiger partial charge in [0.15, 0.2) is 5.16 Å². The number of aromatic nitrogens is 2. The second-order valence-corrected chi connectivity index (χ2v) is 6.87. The molecule has 0 unspecified atom stereocenters. The molecule has 1 amide bonds. The third-order valence-electron chi connectivity index (χ3n) is 3.56. The van der Waals surface area contributed by atoms with Gasteiger partial charge in [-0.15, -0.1) is 0 Å². The Morgan fingerprint density at radius 3 is 2.50 bits per heavy atom. The molecule has 1 heterocycles. The fraction of sp³-hybridized carbons (Fsp3) is 0.389. The van der Waals surface area contributed by atoms with Crippen molar-refractivity contribution in [2.45, 2.75) is 45.7 Å². The molecule has 0 aliphatic rings. The maximum Gasteiger partial charge on any atom is 0.251 e. The lowest BCUT2D eigenvalue weighted by atomic mass is 10.1. The average Bonchev–Trinajstić information content (AvgIpc) is 2.48. The minimum atomic E-state index is -0.179. The van der Waals surface area contributed by atoms with Gasteiger partial charge in [-0.25, -0.2) is 4.98 Å². The zero-order chi connectivity index (χ0) is 17.7. The van der Waals surface area contributed by atoms with Crippen LogP contribution >= 0.6 is 11.8 Å². The SMILES string of the molecule is CCCc1cc(=O)[nH]c(SCC(=O)Nc2c(C)cc(C)cc2C)n1. The minimum absolute atomic E-state index is 0.112. The first-order chi connectivity index (χ1) is 11.4. The predicted molar refractivity (Wildman–Crippen MR) is 98.9 cm³/mol. The summed E-state index contributed by atoms with van der Waals surface area (Å²) in [7, 11) is 0. The Morgan fingerprint density at radius 1 is 1.21 bits per heavy atom. The van der Waals surface area contributed by atoms with Gasteiger partial charge in [-0.1, -0.05) is 42.8 Å². The lowest BCUT2D eigenvalue weighted by Gasteiger charge is -2.12. The zero-order valence-corrected chi connectivity index (χ0v) is 15.3. The van der Waals surface area contributed by atoms with Crippen LogP contribution in [0, 0.1) is 20.8 Å². The highest BCUT2D eigenvalue weighted by molar-refractivity contribution is 7.99. The number of nitrogens with one attached hydrogen (secondary N) is 2. The number of aryl methyl sites for hydroxylation is 4. The van der Waals surface area contributed by atoms with Crippen LogP contribution in [0.4, 0.5) is 5.69 Å². The van der Waals surface area contributed by atoms with Crippen molar-refractivity contribution in [2.75, 3.05) is 11.1 Å². The van der Waals surface area contributed by atoms with E-state index in [0.29, 0.717) is 5.16 Å². The molecular formula is C18H23N3O2S. The van der Waals surface area contributed by atoms with Gasteiger partial charge in [0.05, 0.1) is 5.75 Å². The second kappa shape index (κ2) is 8.15. The number of H-pyrrole nitrogens is 1. The molecule has 2 N–H and O–H groups in total. The molecule has 6 heteroatoms. The van der Waals surface area contributed by atoms with Crippen molar-refractivity contribution in [1.29, 1.82) is 0 Å². The van der Waals surface area contributed by atoms with E-state index < -0.39 is 0 Å². The molecule has 0 aliphatic heterocycles. The number of thioether (sulfide) groups is 1. The first kappa shape index (κ1) is 18.3. The smallest absolute Gasteiger partial charge is 0.251 e. The Balaban J connectivity index is 2.03. The van der Waals surface area contributed by atoms with Crippen LogP contribution in [0.3, 0.4) is 0 Å². The third-order valence-corrected chi connectivity index (χ3v) is 4.43. The molecule has 0 aliphatic carbocycles. The van der Waals surface area contributed by atoms with E-state index >= 15 is 0 Å². The van der Waals surface area contributed by atoms with Crippen LogP contribution < -0.4 is 10.9 Å². The predicted octanol–water partition coefficient (Wildman–Crippen LogP) is 3.38. The summed E-state index contributed by atoms with van der Waals surface area (Å²) in [5, 5.41) is 3.44. The Hall–Kier alpha value is -2.08. The second-order valence-electron chi connectivity index (χ2n) is 5.90. The first-order valence-corrected chi connectivity index (χ1v) is 8.98. The molecular weight excluding hydrogens is 322 g/mol. The van der Waals surface area contributed by atoms with Crippen molar-refractivity contribution < 1.29 is 4.79 Å². The molecule has 24 heavy (non-hydrogen) atoms. The lowest BCUT2D eigenvalue weighted by Crippen LogP contribution is -2.17. The number of rotatable bonds is 6. The fourth-order valence-corrected chi connectivity index (χ4v) is 3.32. The van der Waals surface area contributed by atoms with Crippen LogP contribution in [0.2, 0.25) is 0 Å². The van der Waals surface area contributed by atoms with Crippen molar-refractivity contribution in [2.24, 2.45) is 0 Å². The molecule has 1 aromatic carbocycles. The van der Waals surface area contributed by atoms with Crippen LogP contribution in [-0.2, 0) is 11.2 Å². The van der Waals surface area contributed by atoms with Crippen LogP contribution in [0.5, 0.6) is 0 Å². The number of nitrogens with zero attached hydrogens (tertiary/aromatic N) is 1. The summed E-state index contributed by atoms with van der Waals surface area (Å²) >= 11 is 1.24. The monoisotopic (exact) mass is 345 g/mol. The zero-order valence-electron chi connectivity index (χ0n) is 14.5. The average molecular weight is 345 g/mol. The van der Waals surface area contributed by atoms with Crippen molar-refractivity contribution in [1.82, 2.24) is 9.97 Å². The molecule has 0 atom stereocenters. The Labute approximate surface area is 146 Å². The Morgan fingerprint density at radius 2 is 1.88 bits per heavy atom. The van der Waals surface area contributed by atoms with Gasteiger partial charge >= 0.3 is 0 Å². The van der Waals surface area contributed by atoms with Gasteiger partial charge in [0.25, 0.3) is 5.56 Å². The van der Waals surface area contributed by atoms with Crippen LogP contribution in [-0.4, -0.2) is 21.6 Å². The Kier molecular flexibility index (Phi) is 6.20. The molecule has 0 saturated heterocycles. The molecule has 0 bridgehead atoms. The van der Waals surface area contributed by atoms with Crippen LogP contribution in [0.1, 0.15) is 35.7 Å². The summed E-state index contributed by atoms with van der Waals surface area (Å²) in [5.74, 6) is 0.0873. The molecule has 1 aromatic heterocycles. The number of carbonyl (C=O) groups excluding carboxylic acids is 1. The Bertz CT molecular complexity index is 776. The van der Waals surface area contributed by atoms with E-state index in [1.807, 2.05) is 39.8 Å². The van der Waals surface area contributed by atoms with Crippen molar-refractivity contribution >= 4 is 23.4 Å². The number of benzene rings is 1. The topological polar surface area (TPSA) is 74.8 Å². The summed E-state index contributed by atoms with van der Waals surface area (Å²) in [5.41, 5.74) is 4.69. The number of amides is 1. The van der Waals surface area contributed by atoms with Gasteiger partial charge in [0.2, 0.25) is 5.91 Å². The molecule has 2 rings (SSSR count). The van der Waals surface area contributed by atoms with E-state index in [1.165, 1.54) is 23.4 Å². The van der Waals surface area contributed by atoms with E-state index in [2.05, 4.69) is 15.3 Å². The van der Waals surface area contributed by atoms with Gasteiger partial charge in [-0.05, 0) is 38.3 Å². The maximum atomic E-state index is 12.2. The van der Waals surface area contributed by atoms with Crippen LogP contribution in [0.25, 0.3) is 0 Å². The van der Waals surface area contributed by atoms with Crippen LogP contribution in [0.15, 0.2) is 28.2 Å². The standard InChI is InChI=1S/C18H23N3O2S/c1-5-6-14-9-15(22)21-18(19-14)24-10-16(23)20-17-12(3)7-11(2)8-13(17)4/h7-9H,5-6,10H2,1-4H3,(H,20,23)(H,19,21,22). The molecule has 0 radical (unpaired) electrons. The maximum absolute atomic E-state index is 12.2. The highest BCUT2D eigenvalue weighted by Gasteiger charge is 2.10. The largest absolute Gasteiger partial charge is 0.325 e. The summed E-state index contributed by atoms with van der Waals surface area (Å²) < 4.78 is 0. The highest BCUT2D eigenvalue weighted by atomic mass is 32.2. The molecule has 2 aromatic rings. The normalized spacial score (nSPS) is 10.7. The van der Waals surface area contributed by atoms with E-state index in [9.17, 15) is 9.59 Å². The van der Waals surface area contributed by atoms with E-state index in [1.54, 1.807) is 0 Å². The van der Waals surface area contributed by atoms with E-state index in [-0.39, 0.29) is 17.2 Å². The fourth-order valence-electron chi connectivity index (χ4n) is 2.62. The summed E-state index contributed by atoms with van der Waals surface area (Å²) in [4.78, 5) is 30.9. The van der Waals surface area contributed by atoms with Gasteiger partial charge < -0.3 is 10.3 Å². The molecule has 128 valence electrons. The molecule has 0 spiro atoms. The summed E-state index contributed by atoms with van der Waals surface area (Å²) in [6.07, 6.45) is 1.68. The number of hydrogen-bond acceptors (Lipinski definition) is 4. The quantitative estimate of drug-likeness (QED) is 0.622. The van der Waals surface area contributed by atoms with Gasteiger partial charge in [0, 0.05) is 17.4 Å². The lowest BCUT2D eigenvalue weighted by molar-refractivity contribution is -0.113. The molecule has 0 fully saturated rings. The minimum Gasteiger partial charge on any atom is -0.325 e. The van der Waals surface area contributed by atoms with Gasteiger partial charge in [0.1, 0.15) is 0 Å². The number of carbonyl (C=O) groups is 1. The third kappa shape index (κ3) is 4.96. The van der Waals surface area contributed by atoms with E-state index in [4.69, 9.17) is 0 Å². The molecule has 5 nitrogen and oxygen atoms in total. The van der Waals surface area contributed by atoms with E-state index in [0.717, 1.165) is 35.3 Å². The molecule has 0 saturated carbocycles. The van der Waals surface area contributed by atoms with Gasteiger partial charge in [-0.3, -0.25) is 9.59 Å². The first-order valence-electron chi connectivity index (χ1n) is 7.99. The van der Waals surface area contributed by atoms with Gasteiger partial charge in [-0.2, -0.15) is 0 Å². The summed E-state index contributed by atoms with van der Waals surface area (Å²) in [6, 6.07) is 5.60. The summed E-state index contributed by atoms with van der Waals surface area (Å²) in [6.45, 7) is 8.04.